The first-order valence-electron chi connectivity index (χ1n) is 12.5. The highest BCUT2D eigenvalue weighted by Gasteiger charge is 2.77. The van der Waals surface area contributed by atoms with Crippen LogP contribution in [0.5, 0.6) is 11.5 Å². The minimum atomic E-state index is -0.939. The van der Waals surface area contributed by atoms with E-state index in [1.807, 2.05) is 25.1 Å². The summed E-state index contributed by atoms with van der Waals surface area (Å²) in [6.45, 7) is 2.53. The van der Waals surface area contributed by atoms with Gasteiger partial charge in [-0.05, 0) is 92.4 Å². The lowest BCUT2D eigenvalue weighted by Crippen LogP contribution is -2.20. The molecule has 0 atom stereocenters. The summed E-state index contributed by atoms with van der Waals surface area (Å²) in [4.78, 5) is 16.4. The van der Waals surface area contributed by atoms with Gasteiger partial charge in [0.15, 0.2) is 0 Å². The predicted octanol–water partition coefficient (Wildman–Crippen LogP) is 7.17. The number of benzene rings is 2. The van der Waals surface area contributed by atoms with E-state index < -0.39 is 5.97 Å². The molecule has 5 aliphatic rings. The Labute approximate surface area is 210 Å². The van der Waals surface area contributed by atoms with Crippen molar-refractivity contribution >= 4 is 17.3 Å². The van der Waals surface area contributed by atoms with Crippen molar-refractivity contribution < 1.29 is 19.4 Å². The minimum Gasteiger partial charge on any atom is -0.496 e. The minimum absolute atomic E-state index is 0.258. The number of hydrogen-bond donors (Lipinski definition) is 1. The zero-order valence-corrected chi connectivity index (χ0v) is 21.1. The fourth-order valence-corrected chi connectivity index (χ4v) is 8.46. The topological polar surface area (TPSA) is 68.7 Å². The maximum absolute atomic E-state index is 10.9. The maximum atomic E-state index is 10.9. The van der Waals surface area contributed by atoms with Crippen molar-refractivity contribution in [1.82, 2.24) is 4.98 Å². The van der Waals surface area contributed by atoms with Crippen LogP contribution in [0.4, 0.5) is 0 Å². The largest absolute Gasteiger partial charge is 0.496 e. The third-order valence-electron chi connectivity index (χ3n) is 8.70. The first-order valence-corrected chi connectivity index (χ1v) is 13.4. The molecule has 35 heavy (non-hydrogen) atoms. The number of aromatic nitrogens is 1. The molecule has 0 amide bonds. The van der Waals surface area contributed by atoms with Crippen LogP contribution in [0.25, 0.3) is 21.0 Å². The summed E-state index contributed by atoms with van der Waals surface area (Å²) in [5.74, 6) is 2.94. The van der Waals surface area contributed by atoms with E-state index in [0.717, 1.165) is 43.3 Å². The second-order valence-corrected chi connectivity index (χ2v) is 11.8. The fraction of sp³-hybridized carbons (Fsp3) is 0.448. The van der Waals surface area contributed by atoms with Crippen LogP contribution in [0, 0.1) is 22.7 Å². The highest BCUT2D eigenvalue weighted by Crippen LogP contribution is 2.87. The number of carbonyl (C=O) groups is 1. The monoisotopic (exact) mass is 489 g/mol. The third-order valence-corrected chi connectivity index (χ3v) is 9.77. The van der Waals surface area contributed by atoms with Gasteiger partial charge in [-0.1, -0.05) is 12.1 Å². The molecule has 5 nitrogen and oxygen atoms in total. The third kappa shape index (κ3) is 3.83. The standard InChI is InChI=1S/C19H17NO4S.C10H14/c1-3-24-14-8-9-15(16(10-14)23-2)17-11-20-18(25-17)12-4-6-13(7-5-12)19(21)22;1-7-2-9-4-8(1)5-10(9,3-7)6-9/h4-11H,3H2,1-2H3,(H,21,22);7-8H,1-6H2. The molecule has 3 aromatic rings. The predicted molar refractivity (Wildman–Crippen MR) is 137 cm³/mol. The van der Waals surface area contributed by atoms with Gasteiger partial charge in [0.1, 0.15) is 16.5 Å². The van der Waals surface area contributed by atoms with Gasteiger partial charge in [-0.2, -0.15) is 0 Å². The van der Waals surface area contributed by atoms with Crippen molar-refractivity contribution in [3.8, 4) is 32.5 Å². The molecule has 0 aliphatic heterocycles. The number of hydrogen-bond acceptors (Lipinski definition) is 5. The van der Waals surface area contributed by atoms with E-state index >= 15 is 0 Å². The van der Waals surface area contributed by atoms with Crippen molar-refractivity contribution in [2.45, 2.75) is 45.4 Å². The normalized spacial score (nSPS) is 28.7. The first-order chi connectivity index (χ1) is 16.9. The number of carboxylic acids is 1. The van der Waals surface area contributed by atoms with Crippen LogP contribution in [0.1, 0.15) is 55.8 Å². The van der Waals surface area contributed by atoms with Crippen molar-refractivity contribution in [2.75, 3.05) is 13.7 Å². The summed E-state index contributed by atoms with van der Waals surface area (Å²) in [6, 6.07) is 12.4. The second kappa shape index (κ2) is 8.37. The van der Waals surface area contributed by atoms with Crippen molar-refractivity contribution in [3.05, 3.63) is 54.2 Å². The summed E-state index contributed by atoms with van der Waals surface area (Å²) in [7, 11) is 1.63. The Hall–Kier alpha value is -2.86. The molecule has 5 aliphatic carbocycles. The second-order valence-electron chi connectivity index (χ2n) is 10.7. The zero-order chi connectivity index (χ0) is 24.2. The van der Waals surface area contributed by atoms with E-state index in [0.29, 0.717) is 6.61 Å². The molecule has 6 heteroatoms. The van der Waals surface area contributed by atoms with Gasteiger partial charge in [0.25, 0.3) is 0 Å². The summed E-state index contributed by atoms with van der Waals surface area (Å²) in [6.07, 6.45) is 11.6. The zero-order valence-electron chi connectivity index (χ0n) is 20.3. The van der Waals surface area contributed by atoms with Gasteiger partial charge in [-0.25, -0.2) is 9.78 Å². The van der Waals surface area contributed by atoms with Gasteiger partial charge in [0.2, 0.25) is 0 Å². The molecule has 1 heterocycles. The molecule has 0 unspecified atom stereocenters. The van der Waals surface area contributed by atoms with E-state index in [1.54, 1.807) is 76.1 Å². The quantitative estimate of drug-likeness (QED) is 0.397. The summed E-state index contributed by atoms with van der Waals surface area (Å²) >= 11 is 1.52. The molecule has 2 spiro atoms. The number of aromatic carboxylic acids is 1. The number of rotatable bonds is 6. The van der Waals surface area contributed by atoms with E-state index in [-0.39, 0.29) is 5.56 Å². The number of carboxylic acid groups (broad SMARTS) is 1. The Bertz CT molecular complexity index is 1230. The van der Waals surface area contributed by atoms with E-state index in [9.17, 15) is 4.79 Å². The highest BCUT2D eigenvalue weighted by molar-refractivity contribution is 7.18. The van der Waals surface area contributed by atoms with Gasteiger partial charge in [0, 0.05) is 23.4 Å². The Morgan fingerprint density at radius 1 is 1.09 bits per heavy atom. The summed E-state index contributed by atoms with van der Waals surface area (Å²) < 4.78 is 11.0. The Morgan fingerprint density at radius 2 is 1.77 bits per heavy atom. The number of ether oxygens (including phenoxy) is 2. The van der Waals surface area contributed by atoms with Crippen molar-refractivity contribution in [2.24, 2.45) is 22.7 Å². The SMILES string of the molecule is C1C2CC34CC1CC3(C2)C4.CCOc1ccc(-c2cnc(-c3ccc(C(=O)O)cc3)s2)c(OC)c1. The maximum Gasteiger partial charge on any atom is 0.335 e. The average molecular weight is 490 g/mol. The summed E-state index contributed by atoms with van der Waals surface area (Å²) in [5.41, 5.74) is 4.03. The molecular formula is C29H31NO4S. The van der Waals surface area contributed by atoms with Crippen LogP contribution in [-0.4, -0.2) is 29.8 Å². The number of methoxy groups -OCH3 is 1. The smallest absolute Gasteiger partial charge is 0.335 e. The van der Waals surface area contributed by atoms with Gasteiger partial charge < -0.3 is 14.6 Å². The number of nitrogens with zero attached hydrogens (tertiary/aromatic N) is 1. The van der Waals surface area contributed by atoms with Crippen molar-refractivity contribution in [1.29, 1.82) is 0 Å². The molecule has 0 saturated heterocycles. The Morgan fingerprint density at radius 3 is 2.34 bits per heavy atom. The van der Waals surface area contributed by atoms with Crippen LogP contribution >= 0.6 is 11.3 Å². The van der Waals surface area contributed by atoms with Gasteiger partial charge in [-0.15, -0.1) is 11.3 Å². The molecule has 5 saturated carbocycles. The molecule has 4 bridgehead atoms. The first kappa shape index (κ1) is 22.6. The average Bonchev–Trinajstić information content (AvgIpc) is 3.16. The lowest BCUT2D eigenvalue weighted by molar-refractivity contribution is 0.0697. The molecule has 0 radical (unpaired) electrons. The molecule has 2 aromatic carbocycles. The van der Waals surface area contributed by atoms with E-state index in [1.165, 1.54) is 23.2 Å². The molecule has 1 aromatic heterocycles. The molecule has 8 rings (SSSR count). The van der Waals surface area contributed by atoms with Crippen LogP contribution < -0.4 is 9.47 Å². The van der Waals surface area contributed by atoms with Gasteiger partial charge in [-0.3, -0.25) is 0 Å². The lowest BCUT2D eigenvalue weighted by Gasteiger charge is -2.31. The van der Waals surface area contributed by atoms with Crippen LogP contribution in [0.3, 0.4) is 0 Å². The van der Waals surface area contributed by atoms with E-state index in [4.69, 9.17) is 14.6 Å². The molecule has 182 valence electrons. The highest BCUT2D eigenvalue weighted by atomic mass is 32.1. The van der Waals surface area contributed by atoms with Crippen molar-refractivity contribution in [3.63, 3.8) is 0 Å². The fourth-order valence-electron chi connectivity index (χ4n) is 7.50. The van der Waals surface area contributed by atoms with E-state index in [2.05, 4.69) is 4.98 Å². The molecule has 1 N–H and O–H groups in total. The molecule has 5 fully saturated rings. The summed E-state index contributed by atoms with van der Waals surface area (Å²) in [5, 5.41) is 9.80. The van der Waals surface area contributed by atoms with Gasteiger partial charge in [0.05, 0.1) is 24.2 Å². The van der Waals surface area contributed by atoms with Crippen LogP contribution in [0.2, 0.25) is 0 Å². The molecular weight excluding hydrogens is 458 g/mol. The van der Waals surface area contributed by atoms with Gasteiger partial charge >= 0.3 is 5.97 Å². The number of thiazole rings is 1. The van der Waals surface area contributed by atoms with Crippen LogP contribution in [0.15, 0.2) is 48.7 Å². The van der Waals surface area contributed by atoms with Crippen LogP contribution in [-0.2, 0) is 0 Å². The Balaban J connectivity index is 0.000000184. The lowest BCUT2D eigenvalue weighted by atomic mass is 9.74. The Kier molecular flexibility index (Phi) is 5.40.